The van der Waals surface area contributed by atoms with Gasteiger partial charge in [0.25, 0.3) is 0 Å². The summed E-state index contributed by atoms with van der Waals surface area (Å²) in [6, 6.07) is 3.15. The molecular formula is C14H19O7P. The van der Waals surface area contributed by atoms with Gasteiger partial charge < -0.3 is 23.3 Å². The third-order valence-electron chi connectivity index (χ3n) is 3.16. The first kappa shape index (κ1) is 16.8. The van der Waals surface area contributed by atoms with E-state index in [1.54, 1.807) is 26.0 Å². The first-order chi connectivity index (χ1) is 10.5. The number of hydrogen-bond acceptors (Lipinski definition) is 7. The Labute approximate surface area is 129 Å². The molecule has 1 heterocycles. The zero-order valence-electron chi connectivity index (χ0n) is 13.0. The number of carbonyl (C=O) groups is 1. The standard InChI is InChI=1S/C14H19O7P/c1-5-19-22(16,20-6-2)14-10-7-9(17-3)8-11(18-4)12(10)13(15)21-14/h7-8,14H,5-6H2,1-4H3. The van der Waals surface area contributed by atoms with Crippen molar-refractivity contribution < 1.29 is 32.6 Å². The molecule has 0 bridgehead atoms. The lowest BCUT2D eigenvalue weighted by Crippen LogP contribution is -2.06. The molecular weight excluding hydrogens is 311 g/mol. The number of carbonyl (C=O) groups excluding carboxylic acids is 1. The molecule has 1 aromatic rings. The number of benzene rings is 1. The van der Waals surface area contributed by atoms with Gasteiger partial charge in [0.2, 0.25) is 5.85 Å². The average molecular weight is 330 g/mol. The predicted octanol–water partition coefficient (Wildman–Crippen LogP) is 3.14. The van der Waals surface area contributed by atoms with Crippen LogP contribution in [0.4, 0.5) is 0 Å². The molecule has 0 aliphatic carbocycles. The van der Waals surface area contributed by atoms with E-state index in [9.17, 15) is 9.36 Å². The molecule has 0 saturated heterocycles. The van der Waals surface area contributed by atoms with Gasteiger partial charge in [0.05, 0.1) is 27.4 Å². The molecule has 1 aliphatic heterocycles. The molecule has 0 N–H and O–H groups in total. The van der Waals surface area contributed by atoms with Crippen molar-refractivity contribution in [2.45, 2.75) is 19.7 Å². The lowest BCUT2D eigenvalue weighted by molar-refractivity contribution is 0.0438. The van der Waals surface area contributed by atoms with Crippen molar-refractivity contribution in [1.82, 2.24) is 0 Å². The minimum absolute atomic E-state index is 0.168. The van der Waals surface area contributed by atoms with Gasteiger partial charge in [-0.2, -0.15) is 0 Å². The van der Waals surface area contributed by atoms with E-state index in [2.05, 4.69) is 0 Å². The molecule has 0 spiro atoms. The summed E-state index contributed by atoms with van der Waals surface area (Å²) >= 11 is 0. The maximum Gasteiger partial charge on any atom is 0.375 e. The molecule has 7 nitrogen and oxygen atoms in total. The van der Waals surface area contributed by atoms with Gasteiger partial charge in [-0.1, -0.05) is 0 Å². The summed E-state index contributed by atoms with van der Waals surface area (Å²) in [7, 11) is -0.736. The molecule has 8 heteroatoms. The van der Waals surface area contributed by atoms with Crippen molar-refractivity contribution in [2.24, 2.45) is 0 Å². The van der Waals surface area contributed by atoms with Crippen molar-refractivity contribution in [3.05, 3.63) is 23.3 Å². The first-order valence-corrected chi connectivity index (χ1v) is 8.47. The van der Waals surface area contributed by atoms with Crippen LogP contribution in [0.5, 0.6) is 11.5 Å². The summed E-state index contributed by atoms with van der Waals surface area (Å²) in [5, 5.41) is 0. The Morgan fingerprint density at radius 2 is 1.77 bits per heavy atom. The number of ether oxygens (including phenoxy) is 3. The normalized spacial score (nSPS) is 17.1. The third-order valence-corrected chi connectivity index (χ3v) is 5.35. The summed E-state index contributed by atoms with van der Waals surface area (Å²) in [5.74, 6) is -1.00. The van der Waals surface area contributed by atoms with Crippen LogP contribution in [0.1, 0.15) is 35.6 Å². The van der Waals surface area contributed by atoms with Crippen LogP contribution in [0.25, 0.3) is 0 Å². The second-order valence-electron chi connectivity index (χ2n) is 4.43. The Bertz CT molecular complexity index is 603. The maximum absolute atomic E-state index is 12.9. The summed E-state index contributed by atoms with van der Waals surface area (Å²) in [4.78, 5) is 12.1. The van der Waals surface area contributed by atoms with Gasteiger partial charge in [-0.05, 0) is 19.9 Å². The lowest BCUT2D eigenvalue weighted by Gasteiger charge is -2.22. The highest BCUT2D eigenvalue weighted by Crippen LogP contribution is 2.64. The number of rotatable bonds is 7. The van der Waals surface area contributed by atoms with E-state index in [-0.39, 0.29) is 18.8 Å². The van der Waals surface area contributed by atoms with E-state index >= 15 is 0 Å². The Kier molecular flexibility index (Phi) is 5.11. The Balaban J connectivity index is 2.57. The fourth-order valence-electron chi connectivity index (χ4n) is 2.29. The summed E-state index contributed by atoms with van der Waals surface area (Å²) < 4.78 is 39.1. The third kappa shape index (κ3) is 2.84. The van der Waals surface area contributed by atoms with Crippen LogP contribution in [0, 0.1) is 0 Å². The zero-order valence-corrected chi connectivity index (χ0v) is 13.8. The van der Waals surface area contributed by atoms with Crippen LogP contribution < -0.4 is 9.47 Å². The van der Waals surface area contributed by atoms with E-state index in [1.165, 1.54) is 14.2 Å². The molecule has 0 saturated carbocycles. The van der Waals surface area contributed by atoms with Crippen LogP contribution in [0.15, 0.2) is 12.1 Å². The van der Waals surface area contributed by atoms with Crippen molar-refractivity contribution >= 4 is 13.6 Å². The molecule has 0 fully saturated rings. The second-order valence-corrected chi connectivity index (χ2v) is 6.49. The zero-order chi connectivity index (χ0) is 16.3. The van der Waals surface area contributed by atoms with Crippen molar-refractivity contribution in [3.8, 4) is 11.5 Å². The van der Waals surface area contributed by atoms with Gasteiger partial charge in [-0.25, -0.2) is 4.79 Å². The van der Waals surface area contributed by atoms with Crippen LogP contribution in [0.2, 0.25) is 0 Å². The number of methoxy groups -OCH3 is 2. The summed E-state index contributed by atoms with van der Waals surface area (Å²) in [6.45, 7) is 3.72. The van der Waals surface area contributed by atoms with Gasteiger partial charge in [-0.15, -0.1) is 0 Å². The predicted molar refractivity (Wildman–Crippen MR) is 78.6 cm³/mol. The molecule has 2 rings (SSSR count). The molecule has 0 aromatic heterocycles. The topological polar surface area (TPSA) is 80.3 Å². The minimum Gasteiger partial charge on any atom is -0.497 e. The van der Waals surface area contributed by atoms with Crippen molar-refractivity contribution in [2.75, 3.05) is 27.4 Å². The van der Waals surface area contributed by atoms with Gasteiger partial charge in [-0.3, -0.25) is 4.57 Å². The quantitative estimate of drug-likeness (QED) is 0.561. The number of cyclic esters (lactones) is 1. The van der Waals surface area contributed by atoms with E-state index in [0.29, 0.717) is 17.1 Å². The van der Waals surface area contributed by atoms with Gasteiger partial charge in [0.15, 0.2) is 0 Å². The summed E-state index contributed by atoms with van der Waals surface area (Å²) in [6.07, 6.45) is 0. The number of hydrogen-bond donors (Lipinski definition) is 0. The van der Waals surface area contributed by atoms with E-state index in [0.717, 1.165) is 0 Å². The molecule has 1 atom stereocenters. The minimum atomic E-state index is -3.65. The SMILES string of the molecule is CCOP(=O)(OCC)C1OC(=O)c2c(OC)cc(OC)cc21. The molecule has 1 aromatic carbocycles. The van der Waals surface area contributed by atoms with E-state index < -0.39 is 19.4 Å². The highest BCUT2D eigenvalue weighted by atomic mass is 31.2. The lowest BCUT2D eigenvalue weighted by atomic mass is 10.1. The molecule has 1 aliphatic rings. The number of fused-ring (bicyclic) bond motifs is 1. The Hall–Kier alpha value is -1.56. The second kappa shape index (κ2) is 6.69. The van der Waals surface area contributed by atoms with E-state index in [1.807, 2.05) is 0 Å². The number of esters is 1. The molecule has 0 amide bonds. The largest absolute Gasteiger partial charge is 0.497 e. The molecule has 122 valence electrons. The van der Waals surface area contributed by atoms with Crippen molar-refractivity contribution in [3.63, 3.8) is 0 Å². The van der Waals surface area contributed by atoms with Gasteiger partial charge in [0, 0.05) is 11.6 Å². The van der Waals surface area contributed by atoms with Crippen LogP contribution in [0.3, 0.4) is 0 Å². The first-order valence-electron chi connectivity index (χ1n) is 6.86. The van der Waals surface area contributed by atoms with E-state index in [4.69, 9.17) is 23.3 Å². The Morgan fingerprint density at radius 1 is 1.14 bits per heavy atom. The molecule has 1 unspecified atom stereocenters. The fraction of sp³-hybridized carbons (Fsp3) is 0.500. The van der Waals surface area contributed by atoms with Crippen LogP contribution in [-0.4, -0.2) is 33.4 Å². The maximum atomic E-state index is 12.9. The monoisotopic (exact) mass is 330 g/mol. The van der Waals surface area contributed by atoms with Crippen LogP contribution in [-0.2, 0) is 18.3 Å². The molecule has 22 heavy (non-hydrogen) atoms. The summed E-state index contributed by atoms with van der Waals surface area (Å²) in [5.41, 5.74) is 0.597. The smallest absolute Gasteiger partial charge is 0.375 e. The molecule has 0 radical (unpaired) electrons. The highest BCUT2D eigenvalue weighted by molar-refractivity contribution is 7.54. The van der Waals surface area contributed by atoms with Crippen molar-refractivity contribution in [1.29, 1.82) is 0 Å². The fourth-order valence-corrected chi connectivity index (χ4v) is 4.13. The van der Waals surface area contributed by atoms with Gasteiger partial charge >= 0.3 is 13.6 Å². The highest BCUT2D eigenvalue weighted by Gasteiger charge is 2.48. The Morgan fingerprint density at radius 3 is 2.27 bits per heavy atom. The van der Waals surface area contributed by atoms with Gasteiger partial charge in [0.1, 0.15) is 17.1 Å². The average Bonchev–Trinajstić information content (AvgIpc) is 2.84. The van der Waals surface area contributed by atoms with Crippen LogP contribution >= 0.6 is 7.60 Å².